The molecular weight excluding hydrogens is 244 g/mol. The number of carbonyl (C=O) groups is 1. The molecule has 0 fully saturated rings. The van der Waals surface area contributed by atoms with E-state index in [4.69, 9.17) is 4.74 Å². The van der Waals surface area contributed by atoms with Gasteiger partial charge in [0.05, 0.1) is 5.56 Å². The molecule has 0 spiro atoms. The molecule has 0 amide bonds. The largest absolute Gasteiger partial charge is 0.489 e. The highest BCUT2D eigenvalue weighted by Gasteiger charge is 2.24. The Bertz CT molecular complexity index is 374. The fourth-order valence-corrected chi connectivity index (χ4v) is 1.95. The van der Waals surface area contributed by atoms with Crippen LogP contribution in [0.25, 0.3) is 0 Å². The molecule has 2 rings (SSSR count). The Morgan fingerprint density at radius 1 is 1.57 bits per heavy atom. The molecule has 0 saturated heterocycles. The lowest BCUT2D eigenvalue weighted by Gasteiger charge is -2.24. The minimum absolute atomic E-state index is 0.0520. The number of Topliss-reactive ketones (excluding diaryl/α,β-unsaturated/α-hetero) is 1. The standard InChI is InChI=1S/C11H11BrO2/c1-2-8-6-10(13)9-5-7(12)3-4-11(9)14-8/h3-5,8H,2,6H2,1H3. The molecule has 0 saturated carbocycles. The van der Waals surface area contributed by atoms with Gasteiger partial charge in [-0.25, -0.2) is 0 Å². The van der Waals surface area contributed by atoms with Gasteiger partial charge in [-0.2, -0.15) is 0 Å². The number of fused-ring (bicyclic) bond motifs is 1. The zero-order valence-corrected chi connectivity index (χ0v) is 9.50. The Labute approximate surface area is 91.4 Å². The summed E-state index contributed by atoms with van der Waals surface area (Å²) < 4.78 is 6.58. The van der Waals surface area contributed by atoms with Crippen molar-refractivity contribution in [2.45, 2.75) is 25.9 Å². The topological polar surface area (TPSA) is 26.3 Å². The first-order chi connectivity index (χ1) is 6.70. The monoisotopic (exact) mass is 254 g/mol. The number of carbonyl (C=O) groups excluding carboxylic acids is 1. The summed E-state index contributed by atoms with van der Waals surface area (Å²) >= 11 is 3.34. The Morgan fingerprint density at radius 2 is 2.36 bits per heavy atom. The number of hydrogen-bond acceptors (Lipinski definition) is 2. The van der Waals surface area contributed by atoms with Gasteiger partial charge in [0.25, 0.3) is 0 Å². The van der Waals surface area contributed by atoms with Gasteiger partial charge in [0.15, 0.2) is 5.78 Å². The van der Waals surface area contributed by atoms with Gasteiger partial charge in [-0.3, -0.25) is 4.79 Å². The second-order valence-corrected chi connectivity index (χ2v) is 4.33. The van der Waals surface area contributed by atoms with Crippen molar-refractivity contribution >= 4 is 21.7 Å². The third-order valence-corrected chi connectivity index (χ3v) is 2.90. The van der Waals surface area contributed by atoms with Crippen molar-refractivity contribution in [3.05, 3.63) is 28.2 Å². The predicted molar refractivity (Wildman–Crippen MR) is 57.8 cm³/mol. The van der Waals surface area contributed by atoms with Crippen LogP contribution >= 0.6 is 15.9 Å². The van der Waals surface area contributed by atoms with E-state index in [1.807, 2.05) is 25.1 Å². The molecule has 3 heteroatoms. The van der Waals surface area contributed by atoms with Crippen LogP contribution in [-0.2, 0) is 0 Å². The van der Waals surface area contributed by atoms with Crippen molar-refractivity contribution in [2.24, 2.45) is 0 Å². The van der Waals surface area contributed by atoms with E-state index in [0.29, 0.717) is 12.0 Å². The molecule has 74 valence electrons. The molecular formula is C11H11BrO2. The number of halogens is 1. The van der Waals surface area contributed by atoms with Crippen molar-refractivity contribution in [3.63, 3.8) is 0 Å². The number of ketones is 1. The third-order valence-electron chi connectivity index (χ3n) is 2.40. The first kappa shape index (κ1) is 9.71. The summed E-state index contributed by atoms with van der Waals surface area (Å²) in [4.78, 5) is 11.7. The summed E-state index contributed by atoms with van der Waals surface area (Å²) in [6.07, 6.45) is 1.43. The number of benzene rings is 1. The van der Waals surface area contributed by atoms with Gasteiger partial charge in [0, 0.05) is 10.9 Å². The van der Waals surface area contributed by atoms with Crippen molar-refractivity contribution in [3.8, 4) is 5.75 Å². The molecule has 1 unspecified atom stereocenters. The molecule has 0 bridgehead atoms. The molecule has 1 aliphatic rings. The molecule has 14 heavy (non-hydrogen) atoms. The average Bonchev–Trinajstić information content (AvgIpc) is 2.19. The van der Waals surface area contributed by atoms with E-state index in [1.165, 1.54) is 0 Å². The normalized spacial score (nSPS) is 20.1. The highest BCUT2D eigenvalue weighted by Crippen LogP contribution is 2.30. The van der Waals surface area contributed by atoms with Crippen LogP contribution in [0.5, 0.6) is 5.75 Å². The molecule has 0 radical (unpaired) electrons. The zero-order valence-electron chi connectivity index (χ0n) is 7.92. The maximum absolute atomic E-state index is 11.7. The van der Waals surface area contributed by atoms with Gasteiger partial charge in [0.1, 0.15) is 11.9 Å². The van der Waals surface area contributed by atoms with E-state index < -0.39 is 0 Å². The molecule has 0 aromatic heterocycles. The predicted octanol–water partition coefficient (Wildman–Crippen LogP) is 3.19. The number of rotatable bonds is 1. The highest BCUT2D eigenvalue weighted by molar-refractivity contribution is 9.10. The Hall–Kier alpha value is -0.830. The van der Waals surface area contributed by atoms with Gasteiger partial charge >= 0.3 is 0 Å². The Kier molecular flexibility index (Phi) is 2.59. The molecule has 0 N–H and O–H groups in total. The lowest BCUT2D eigenvalue weighted by Crippen LogP contribution is -2.26. The van der Waals surface area contributed by atoms with Gasteiger partial charge in [-0.1, -0.05) is 22.9 Å². The summed E-state index contributed by atoms with van der Waals surface area (Å²) in [5, 5.41) is 0. The summed E-state index contributed by atoms with van der Waals surface area (Å²) in [6.45, 7) is 2.03. The molecule has 1 aromatic carbocycles. The van der Waals surface area contributed by atoms with E-state index >= 15 is 0 Å². The molecule has 1 heterocycles. The van der Waals surface area contributed by atoms with Crippen LogP contribution in [0.2, 0.25) is 0 Å². The van der Waals surface area contributed by atoms with Crippen LogP contribution in [-0.4, -0.2) is 11.9 Å². The fourth-order valence-electron chi connectivity index (χ4n) is 1.59. The summed E-state index contributed by atoms with van der Waals surface area (Å²) in [5.74, 6) is 0.899. The van der Waals surface area contributed by atoms with E-state index in [2.05, 4.69) is 15.9 Å². The van der Waals surface area contributed by atoms with Crippen LogP contribution in [0.3, 0.4) is 0 Å². The van der Waals surface area contributed by atoms with Gasteiger partial charge in [0.2, 0.25) is 0 Å². The highest BCUT2D eigenvalue weighted by atomic mass is 79.9. The second-order valence-electron chi connectivity index (χ2n) is 3.42. The first-order valence-electron chi connectivity index (χ1n) is 4.70. The van der Waals surface area contributed by atoms with Gasteiger partial charge < -0.3 is 4.74 Å². The van der Waals surface area contributed by atoms with Crippen LogP contribution in [0.4, 0.5) is 0 Å². The molecule has 1 aromatic rings. The Morgan fingerprint density at radius 3 is 3.07 bits per heavy atom. The lowest BCUT2D eigenvalue weighted by molar-refractivity contribution is 0.0845. The minimum atomic E-state index is 0.0520. The summed E-state index contributed by atoms with van der Waals surface area (Å²) in [5.41, 5.74) is 0.698. The SMILES string of the molecule is CCC1CC(=O)c2cc(Br)ccc2O1. The molecule has 1 atom stereocenters. The van der Waals surface area contributed by atoms with E-state index in [1.54, 1.807) is 0 Å². The summed E-state index contributed by atoms with van der Waals surface area (Å²) in [7, 11) is 0. The summed E-state index contributed by atoms with van der Waals surface area (Å²) in [6, 6.07) is 5.56. The second kappa shape index (κ2) is 3.73. The fraction of sp³-hybridized carbons (Fsp3) is 0.364. The van der Waals surface area contributed by atoms with Gasteiger partial charge in [-0.05, 0) is 24.6 Å². The van der Waals surface area contributed by atoms with Crippen molar-refractivity contribution < 1.29 is 9.53 Å². The number of ether oxygens (including phenoxy) is 1. The third kappa shape index (κ3) is 1.69. The van der Waals surface area contributed by atoms with E-state index in [9.17, 15) is 4.79 Å². The minimum Gasteiger partial charge on any atom is -0.489 e. The van der Waals surface area contributed by atoms with E-state index in [-0.39, 0.29) is 11.9 Å². The molecule has 1 aliphatic heterocycles. The Balaban J connectivity index is 2.40. The lowest BCUT2D eigenvalue weighted by atomic mass is 10.00. The molecule has 0 aliphatic carbocycles. The smallest absolute Gasteiger partial charge is 0.170 e. The average molecular weight is 255 g/mol. The zero-order chi connectivity index (χ0) is 10.1. The van der Waals surface area contributed by atoms with Crippen LogP contribution in [0.1, 0.15) is 30.1 Å². The van der Waals surface area contributed by atoms with Crippen molar-refractivity contribution in [1.29, 1.82) is 0 Å². The van der Waals surface area contributed by atoms with Crippen LogP contribution in [0, 0.1) is 0 Å². The quantitative estimate of drug-likeness (QED) is 0.770. The first-order valence-corrected chi connectivity index (χ1v) is 5.49. The van der Waals surface area contributed by atoms with Crippen LogP contribution < -0.4 is 4.74 Å². The van der Waals surface area contributed by atoms with Gasteiger partial charge in [-0.15, -0.1) is 0 Å². The van der Waals surface area contributed by atoms with Crippen LogP contribution in [0.15, 0.2) is 22.7 Å². The maximum atomic E-state index is 11.7. The van der Waals surface area contributed by atoms with E-state index in [0.717, 1.165) is 16.6 Å². The number of hydrogen-bond donors (Lipinski definition) is 0. The van der Waals surface area contributed by atoms with Crippen molar-refractivity contribution in [2.75, 3.05) is 0 Å². The maximum Gasteiger partial charge on any atom is 0.170 e. The van der Waals surface area contributed by atoms with Crippen molar-refractivity contribution in [1.82, 2.24) is 0 Å². The molecule has 2 nitrogen and oxygen atoms in total.